The van der Waals surface area contributed by atoms with Crippen molar-refractivity contribution in [3.63, 3.8) is 0 Å². The van der Waals surface area contributed by atoms with Crippen LogP contribution in [0.15, 0.2) is 34.9 Å². The lowest BCUT2D eigenvalue weighted by Gasteiger charge is -2.29. The summed E-state index contributed by atoms with van der Waals surface area (Å²) in [7, 11) is 0. The van der Waals surface area contributed by atoms with E-state index in [1.807, 2.05) is 32.0 Å². The Morgan fingerprint density at radius 3 is 3.04 bits per heavy atom. The van der Waals surface area contributed by atoms with Gasteiger partial charge < -0.3 is 14.5 Å². The highest BCUT2D eigenvalue weighted by Crippen LogP contribution is 2.54. The minimum Gasteiger partial charge on any atom is -0.465 e. The molecule has 3 aliphatic heterocycles. The van der Waals surface area contributed by atoms with Gasteiger partial charge in [-0.3, -0.25) is 14.7 Å². The van der Waals surface area contributed by atoms with E-state index in [1.165, 1.54) is 0 Å². The predicted molar refractivity (Wildman–Crippen MR) is 104 cm³/mol. The summed E-state index contributed by atoms with van der Waals surface area (Å²) in [5, 5.41) is 3.13. The highest BCUT2D eigenvalue weighted by molar-refractivity contribution is 5.93. The fourth-order valence-corrected chi connectivity index (χ4v) is 5.49. The van der Waals surface area contributed by atoms with Gasteiger partial charge in [0.1, 0.15) is 17.2 Å². The second-order valence-corrected chi connectivity index (χ2v) is 8.59. The van der Waals surface area contributed by atoms with E-state index in [9.17, 15) is 4.79 Å². The molecule has 2 aromatic rings. The van der Waals surface area contributed by atoms with Crippen molar-refractivity contribution in [3.05, 3.63) is 53.2 Å². The zero-order chi connectivity index (χ0) is 19.3. The number of hydrogen-bond acceptors (Lipinski definition) is 5. The van der Waals surface area contributed by atoms with Crippen LogP contribution in [0.1, 0.15) is 40.4 Å². The maximum Gasteiger partial charge on any atom is 0.270 e. The first-order chi connectivity index (χ1) is 13.5. The number of amides is 1. The maximum atomic E-state index is 12.6. The average molecular weight is 381 g/mol. The molecule has 3 saturated heterocycles. The average Bonchev–Trinajstić information content (AvgIpc) is 3.41. The van der Waals surface area contributed by atoms with E-state index in [-0.39, 0.29) is 17.6 Å². The third-order valence-corrected chi connectivity index (χ3v) is 6.75. The van der Waals surface area contributed by atoms with Crippen LogP contribution in [0.4, 0.5) is 0 Å². The monoisotopic (exact) mass is 381 g/mol. The van der Waals surface area contributed by atoms with Gasteiger partial charge >= 0.3 is 0 Å². The van der Waals surface area contributed by atoms with E-state index in [0.717, 1.165) is 49.6 Å². The highest BCUT2D eigenvalue weighted by atomic mass is 16.5. The number of pyridine rings is 1. The molecule has 3 fully saturated rings. The van der Waals surface area contributed by atoms with Gasteiger partial charge in [0.15, 0.2) is 0 Å². The topological polar surface area (TPSA) is 67.6 Å². The lowest BCUT2D eigenvalue weighted by molar-refractivity contribution is 0.00166. The molecule has 148 valence electrons. The maximum absolute atomic E-state index is 12.6. The molecule has 1 spiro atoms. The Morgan fingerprint density at radius 2 is 2.25 bits per heavy atom. The Morgan fingerprint density at radius 1 is 1.36 bits per heavy atom. The fraction of sp³-hybridized carbons (Fsp3) is 0.545. The van der Waals surface area contributed by atoms with Crippen LogP contribution in [0.3, 0.4) is 0 Å². The van der Waals surface area contributed by atoms with Gasteiger partial charge in [0.25, 0.3) is 5.91 Å². The highest BCUT2D eigenvalue weighted by Gasteiger charge is 2.62. The van der Waals surface area contributed by atoms with E-state index in [4.69, 9.17) is 9.15 Å². The van der Waals surface area contributed by atoms with E-state index < -0.39 is 0 Å². The van der Waals surface area contributed by atoms with Crippen LogP contribution in [0.2, 0.25) is 0 Å². The fourth-order valence-electron chi connectivity index (χ4n) is 5.49. The van der Waals surface area contributed by atoms with Crippen LogP contribution in [-0.4, -0.2) is 47.1 Å². The molecular formula is C22H27N3O3. The summed E-state index contributed by atoms with van der Waals surface area (Å²) in [4.78, 5) is 19.3. The Bertz CT molecular complexity index is 895. The standard InChI is InChI=1S/C22H27N3O3/c1-14-4-3-9-23-20(14)21(26)24-10-17-18-12-25(11-16-6-5-15(2)27-16)13-22(18)8-7-19(17)28-22/h3-6,9,17-19H,7-8,10-13H2,1-2H3,(H,24,26)/t17-,18+,19+,22+/m0/s1. The van der Waals surface area contributed by atoms with Gasteiger partial charge in [-0.25, -0.2) is 0 Å². The number of fused-ring (bicyclic) bond motifs is 1. The molecule has 0 radical (unpaired) electrons. The van der Waals surface area contributed by atoms with Crippen LogP contribution in [0.5, 0.6) is 0 Å². The molecule has 0 aromatic carbocycles. The normalized spacial score (nSPS) is 31.3. The summed E-state index contributed by atoms with van der Waals surface area (Å²) in [6, 6.07) is 7.85. The number of likely N-dealkylation sites (tertiary alicyclic amines) is 1. The number of ether oxygens (including phenoxy) is 1. The SMILES string of the molecule is Cc1ccc(CN2C[C@@H]3[C@H](CNC(=O)c4ncccc4C)[C@H]4CC[C@]3(C2)O4)o1. The minimum atomic E-state index is -0.0872. The van der Waals surface area contributed by atoms with Crippen molar-refractivity contribution in [3.8, 4) is 0 Å². The van der Waals surface area contributed by atoms with Crippen molar-refractivity contribution in [1.29, 1.82) is 0 Å². The molecule has 0 unspecified atom stereocenters. The molecule has 0 aliphatic carbocycles. The van der Waals surface area contributed by atoms with Crippen LogP contribution < -0.4 is 5.32 Å². The van der Waals surface area contributed by atoms with Crippen LogP contribution in [0, 0.1) is 25.7 Å². The van der Waals surface area contributed by atoms with E-state index in [1.54, 1.807) is 6.20 Å². The summed E-state index contributed by atoms with van der Waals surface area (Å²) in [6.07, 6.45) is 4.15. The van der Waals surface area contributed by atoms with Crippen LogP contribution in [-0.2, 0) is 11.3 Å². The van der Waals surface area contributed by atoms with Gasteiger partial charge in [0, 0.05) is 37.7 Å². The second-order valence-electron chi connectivity index (χ2n) is 8.59. The van der Waals surface area contributed by atoms with Crippen molar-refractivity contribution in [2.45, 2.75) is 44.9 Å². The van der Waals surface area contributed by atoms with Gasteiger partial charge in [-0.15, -0.1) is 0 Å². The summed E-state index contributed by atoms with van der Waals surface area (Å²) >= 11 is 0. The Labute approximate surface area is 165 Å². The molecule has 3 aliphatic rings. The number of aromatic nitrogens is 1. The van der Waals surface area contributed by atoms with Crippen molar-refractivity contribution < 1.29 is 13.9 Å². The number of carbonyl (C=O) groups is 1. The van der Waals surface area contributed by atoms with Crippen molar-refractivity contribution in [2.75, 3.05) is 19.6 Å². The summed E-state index contributed by atoms with van der Waals surface area (Å²) in [6.45, 7) is 7.33. The lowest BCUT2D eigenvalue weighted by Crippen LogP contribution is -2.42. The first kappa shape index (κ1) is 17.9. The van der Waals surface area contributed by atoms with Gasteiger partial charge in [-0.1, -0.05) is 6.07 Å². The van der Waals surface area contributed by atoms with E-state index >= 15 is 0 Å². The van der Waals surface area contributed by atoms with E-state index in [2.05, 4.69) is 21.3 Å². The zero-order valence-corrected chi connectivity index (χ0v) is 16.5. The lowest BCUT2D eigenvalue weighted by atomic mass is 9.73. The summed E-state index contributed by atoms with van der Waals surface area (Å²) in [5.41, 5.74) is 1.38. The van der Waals surface area contributed by atoms with Crippen LogP contribution in [0.25, 0.3) is 0 Å². The molecule has 2 aromatic heterocycles. The quantitative estimate of drug-likeness (QED) is 0.863. The van der Waals surface area contributed by atoms with E-state index in [0.29, 0.717) is 24.1 Å². The summed E-state index contributed by atoms with van der Waals surface area (Å²) in [5.74, 6) is 2.71. The number of nitrogens with zero attached hydrogens (tertiary/aromatic N) is 2. The number of hydrogen-bond donors (Lipinski definition) is 1. The van der Waals surface area contributed by atoms with Crippen molar-refractivity contribution >= 4 is 5.91 Å². The number of aryl methyl sites for hydroxylation is 2. The third-order valence-electron chi connectivity index (χ3n) is 6.75. The molecular weight excluding hydrogens is 354 g/mol. The molecule has 6 nitrogen and oxygen atoms in total. The number of nitrogens with one attached hydrogen (secondary N) is 1. The number of rotatable bonds is 5. The molecule has 5 heterocycles. The predicted octanol–water partition coefficient (Wildman–Crippen LogP) is 2.70. The molecule has 6 heteroatoms. The molecule has 1 amide bonds. The molecule has 28 heavy (non-hydrogen) atoms. The van der Waals surface area contributed by atoms with Gasteiger partial charge in [-0.05, 0) is 50.5 Å². The molecule has 2 bridgehead atoms. The first-order valence-corrected chi connectivity index (χ1v) is 10.2. The van der Waals surface area contributed by atoms with Crippen molar-refractivity contribution in [1.82, 2.24) is 15.2 Å². The largest absolute Gasteiger partial charge is 0.465 e. The Balaban J connectivity index is 1.25. The Hall–Kier alpha value is -2.18. The summed E-state index contributed by atoms with van der Waals surface area (Å²) < 4.78 is 12.3. The number of furan rings is 1. The number of carbonyl (C=O) groups excluding carboxylic acids is 1. The molecule has 0 saturated carbocycles. The van der Waals surface area contributed by atoms with Gasteiger partial charge in [0.2, 0.25) is 0 Å². The van der Waals surface area contributed by atoms with Crippen LogP contribution >= 0.6 is 0 Å². The minimum absolute atomic E-state index is 0.0391. The zero-order valence-electron chi connectivity index (χ0n) is 16.5. The van der Waals surface area contributed by atoms with Gasteiger partial charge in [-0.2, -0.15) is 0 Å². The molecule has 4 atom stereocenters. The second kappa shape index (κ2) is 6.71. The smallest absolute Gasteiger partial charge is 0.270 e. The molecule has 1 N–H and O–H groups in total. The Kier molecular flexibility index (Phi) is 4.29. The van der Waals surface area contributed by atoms with Crippen molar-refractivity contribution in [2.24, 2.45) is 11.8 Å². The molecule has 5 rings (SSSR count). The third kappa shape index (κ3) is 2.95. The van der Waals surface area contributed by atoms with Gasteiger partial charge in [0.05, 0.1) is 18.2 Å². The first-order valence-electron chi connectivity index (χ1n) is 10.2.